The second kappa shape index (κ2) is 10.7. The van der Waals surface area contributed by atoms with E-state index in [1.807, 2.05) is 6.07 Å². The van der Waals surface area contributed by atoms with Crippen LogP contribution in [0.15, 0.2) is 21.9 Å². The van der Waals surface area contributed by atoms with E-state index >= 15 is 0 Å². The molecule has 3 saturated carbocycles. The number of anilines is 1. The summed E-state index contributed by atoms with van der Waals surface area (Å²) in [6, 6.07) is 3.30. The summed E-state index contributed by atoms with van der Waals surface area (Å²) in [4.78, 5) is 15.0. The lowest BCUT2D eigenvalue weighted by Gasteiger charge is -2.36. The zero-order valence-corrected chi connectivity index (χ0v) is 23.9. The minimum Gasteiger partial charge on any atom is -0.491 e. The summed E-state index contributed by atoms with van der Waals surface area (Å²) in [5.41, 5.74) is -0.237. The van der Waals surface area contributed by atoms with Gasteiger partial charge < -0.3 is 14.7 Å². The third-order valence-electron chi connectivity index (χ3n) is 8.55. The molecule has 0 saturated heterocycles. The number of ether oxygens (including phenoxy) is 1. The molecular weight excluding hydrogens is 556 g/mol. The van der Waals surface area contributed by atoms with E-state index < -0.39 is 34.2 Å². The number of alkyl halides is 4. The van der Waals surface area contributed by atoms with Gasteiger partial charge in [-0.25, -0.2) is 26.1 Å². The lowest BCUT2D eigenvalue weighted by atomic mass is 9.94. The van der Waals surface area contributed by atoms with Gasteiger partial charge in [0.1, 0.15) is 28.8 Å². The molecule has 6 nitrogen and oxygen atoms in total. The summed E-state index contributed by atoms with van der Waals surface area (Å²) in [5, 5.41) is 9.30. The van der Waals surface area contributed by atoms with Crippen LogP contribution in [0.4, 0.5) is 23.2 Å². The second-order valence-corrected chi connectivity index (χ2v) is 14.6. The number of carboxylic acid groups (broad SMARTS) is 1. The van der Waals surface area contributed by atoms with E-state index in [0.29, 0.717) is 34.9 Å². The number of rotatable bonds is 10. The van der Waals surface area contributed by atoms with Crippen LogP contribution in [-0.4, -0.2) is 69.0 Å². The molecule has 39 heavy (non-hydrogen) atoms. The number of carbonyl (C=O) groups is 1. The quantitative estimate of drug-likeness (QED) is 0.320. The maximum Gasteiger partial charge on any atom is 0.313 e. The van der Waals surface area contributed by atoms with Crippen molar-refractivity contribution in [3.63, 3.8) is 0 Å². The molecule has 2 unspecified atom stereocenters. The third-order valence-corrected chi connectivity index (χ3v) is 11.3. The maximum absolute atomic E-state index is 13.9. The van der Waals surface area contributed by atoms with Gasteiger partial charge in [-0.3, -0.25) is 4.79 Å². The van der Waals surface area contributed by atoms with Gasteiger partial charge in [-0.2, -0.15) is 0 Å². The highest BCUT2D eigenvalue weighted by Gasteiger charge is 2.51. The number of carboxylic acids is 1. The Balaban J connectivity index is 1.51. The van der Waals surface area contributed by atoms with Gasteiger partial charge in [0.2, 0.25) is 11.8 Å². The van der Waals surface area contributed by atoms with Crippen molar-refractivity contribution in [2.24, 2.45) is 5.41 Å². The molecule has 5 rings (SSSR count). The molecule has 1 aliphatic heterocycles. The predicted octanol–water partition coefficient (Wildman–Crippen LogP) is 6.34. The molecule has 1 heterocycles. The number of likely N-dealkylation sites (N-methyl/N-ethyl adjacent to an activating group) is 1. The van der Waals surface area contributed by atoms with Crippen LogP contribution in [0.25, 0.3) is 0 Å². The topological polar surface area (TPSA) is 70.1 Å². The first-order chi connectivity index (χ1) is 18.3. The average Bonchev–Trinajstić information content (AvgIpc) is 3.47. The zero-order chi connectivity index (χ0) is 28.2. The fourth-order valence-corrected chi connectivity index (χ4v) is 8.48. The van der Waals surface area contributed by atoms with Crippen molar-refractivity contribution in [3.8, 4) is 5.75 Å². The van der Waals surface area contributed by atoms with Gasteiger partial charge in [0, 0.05) is 56.3 Å². The zero-order valence-electron chi connectivity index (χ0n) is 22.3. The molecule has 3 aliphatic carbocycles. The minimum absolute atomic E-state index is 0.0570. The standard InChI is InChI=1S/C27H36F4N2O4S2/c1-25(28,29)8-7-18-15-33(17-5-3-4-6-17)20-11-22(38-19-13-27(30,31)14-19)21(12-23(20)39(36)32(18)2)37-16-26(9-10-26)24(34)35/h11-12,17-19H,3-10,13-16H2,1-2H3,(H,34,35). The van der Waals surface area contributed by atoms with Gasteiger partial charge in [0.05, 0.1) is 15.5 Å². The van der Waals surface area contributed by atoms with E-state index in [4.69, 9.17) is 4.74 Å². The highest BCUT2D eigenvalue weighted by molar-refractivity contribution is 8.00. The van der Waals surface area contributed by atoms with Crippen LogP contribution >= 0.6 is 11.8 Å². The van der Waals surface area contributed by atoms with Crippen LogP contribution in [-0.2, 0) is 15.8 Å². The number of hydrogen-bond acceptors (Lipinski definition) is 5. The fraction of sp³-hybridized carbons (Fsp3) is 0.741. The van der Waals surface area contributed by atoms with Gasteiger partial charge in [-0.15, -0.1) is 11.8 Å². The summed E-state index contributed by atoms with van der Waals surface area (Å²) in [7, 11) is -0.00429. The Morgan fingerprint density at radius 2 is 1.90 bits per heavy atom. The van der Waals surface area contributed by atoms with Gasteiger partial charge in [-0.1, -0.05) is 12.8 Å². The van der Waals surface area contributed by atoms with E-state index in [1.165, 1.54) is 11.8 Å². The molecule has 0 spiro atoms. The minimum atomic E-state index is -2.84. The van der Waals surface area contributed by atoms with Crippen LogP contribution in [0.2, 0.25) is 0 Å². The largest absolute Gasteiger partial charge is 0.491 e. The smallest absolute Gasteiger partial charge is 0.313 e. The summed E-state index contributed by atoms with van der Waals surface area (Å²) < 4.78 is 76.5. The Bertz CT molecular complexity index is 1110. The van der Waals surface area contributed by atoms with Crippen LogP contribution in [0.3, 0.4) is 0 Å². The molecule has 12 heteroatoms. The first-order valence-corrected chi connectivity index (χ1v) is 15.6. The van der Waals surface area contributed by atoms with Crippen LogP contribution in [0.5, 0.6) is 5.75 Å². The third kappa shape index (κ3) is 6.37. The first-order valence-electron chi connectivity index (χ1n) is 13.6. The van der Waals surface area contributed by atoms with Crippen LogP contribution in [0.1, 0.15) is 71.1 Å². The highest BCUT2D eigenvalue weighted by atomic mass is 32.2. The Morgan fingerprint density at radius 3 is 2.46 bits per heavy atom. The van der Waals surface area contributed by atoms with Crippen molar-refractivity contribution < 1.29 is 36.4 Å². The molecule has 1 N–H and O–H groups in total. The molecule has 1 aromatic rings. The predicted molar refractivity (Wildman–Crippen MR) is 142 cm³/mol. The van der Waals surface area contributed by atoms with Crippen molar-refractivity contribution in [1.29, 1.82) is 0 Å². The molecule has 1 aromatic carbocycles. The molecule has 218 valence electrons. The first kappa shape index (κ1) is 29.0. The SMILES string of the molecule is CN1C(CCC(C)(F)F)CN(C2CCCC2)c2cc(SC3CC(F)(F)C3)c(OCC3(C(=O)O)CC3)cc2S1=O. The van der Waals surface area contributed by atoms with Crippen LogP contribution in [0, 0.1) is 5.41 Å². The monoisotopic (exact) mass is 592 g/mol. The maximum atomic E-state index is 13.9. The fourth-order valence-electron chi connectivity index (χ4n) is 5.74. The number of nitrogens with zero attached hydrogens (tertiary/aromatic N) is 2. The van der Waals surface area contributed by atoms with Crippen molar-refractivity contribution >= 4 is 34.4 Å². The second-order valence-electron chi connectivity index (χ2n) is 11.8. The molecule has 2 atom stereocenters. The van der Waals surface area contributed by atoms with E-state index in [9.17, 15) is 31.7 Å². The van der Waals surface area contributed by atoms with Crippen molar-refractivity contribution in [1.82, 2.24) is 4.31 Å². The number of benzene rings is 1. The molecule has 4 aliphatic rings. The molecular formula is C27H36F4N2O4S2. The Labute approximate surface area is 233 Å². The van der Waals surface area contributed by atoms with Crippen LogP contribution < -0.4 is 9.64 Å². The van der Waals surface area contributed by atoms with Crippen molar-refractivity contribution in [2.75, 3.05) is 25.1 Å². The number of hydrogen-bond donors (Lipinski definition) is 1. The van der Waals surface area contributed by atoms with E-state index in [1.54, 1.807) is 17.4 Å². The Kier molecular flexibility index (Phi) is 7.95. The van der Waals surface area contributed by atoms with Crippen molar-refractivity contribution in [3.05, 3.63) is 12.1 Å². The van der Waals surface area contributed by atoms with E-state index in [-0.39, 0.29) is 49.6 Å². The normalized spacial score (nSPS) is 27.1. The van der Waals surface area contributed by atoms with Gasteiger partial charge in [-0.05, 0) is 45.1 Å². The number of fused-ring (bicyclic) bond motifs is 1. The Morgan fingerprint density at radius 1 is 1.23 bits per heavy atom. The lowest BCUT2D eigenvalue weighted by molar-refractivity contribution is -0.144. The van der Waals surface area contributed by atoms with E-state index in [0.717, 1.165) is 38.3 Å². The molecule has 0 bridgehead atoms. The lowest BCUT2D eigenvalue weighted by Crippen LogP contribution is -2.44. The average molecular weight is 593 g/mol. The summed E-state index contributed by atoms with van der Waals surface area (Å²) in [5.74, 6) is -6.12. The molecule has 0 aromatic heterocycles. The number of aliphatic carboxylic acids is 1. The summed E-state index contributed by atoms with van der Waals surface area (Å²) >= 11 is 1.29. The van der Waals surface area contributed by atoms with Gasteiger partial charge in [0.25, 0.3) is 0 Å². The summed E-state index contributed by atoms with van der Waals surface area (Å²) in [6.07, 6.45) is 4.31. The van der Waals surface area contributed by atoms with Gasteiger partial charge in [0.15, 0.2) is 0 Å². The number of thioether (sulfide) groups is 1. The molecule has 0 radical (unpaired) electrons. The molecule has 3 fully saturated rings. The number of halogens is 4. The highest BCUT2D eigenvalue weighted by Crippen LogP contribution is 2.52. The van der Waals surface area contributed by atoms with Gasteiger partial charge >= 0.3 is 5.97 Å². The Hall–Kier alpha value is -1.53. The van der Waals surface area contributed by atoms with Crippen molar-refractivity contribution in [2.45, 2.75) is 110 Å². The van der Waals surface area contributed by atoms with E-state index in [2.05, 4.69) is 4.90 Å². The summed E-state index contributed by atoms with van der Waals surface area (Å²) in [6.45, 7) is 1.27. The molecule has 0 amide bonds.